The molecule has 2 heterocycles. The van der Waals surface area contributed by atoms with Crippen LogP contribution in [0.25, 0.3) is 10.2 Å². The van der Waals surface area contributed by atoms with Crippen LogP contribution in [0, 0.1) is 5.92 Å². The number of piperidine rings is 1. The van der Waals surface area contributed by atoms with Crippen LogP contribution in [-0.2, 0) is 11.0 Å². The number of fused-ring (bicyclic) bond motifs is 1. The summed E-state index contributed by atoms with van der Waals surface area (Å²) in [6, 6.07) is 9.75. The molecular weight excluding hydrogens is 455 g/mol. The topological polar surface area (TPSA) is 71.5 Å². The van der Waals surface area contributed by atoms with E-state index in [1.807, 2.05) is 25.1 Å². The largest absolute Gasteiger partial charge is 0.494 e. The first-order valence-corrected chi connectivity index (χ1v) is 11.4. The quantitative estimate of drug-likeness (QED) is 0.548. The first-order chi connectivity index (χ1) is 15.7. The molecule has 0 saturated carbocycles. The minimum absolute atomic E-state index is 0.152. The van der Waals surface area contributed by atoms with Crippen LogP contribution in [0.5, 0.6) is 5.75 Å². The molecule has 0 aliphatic carbocycles. The van der Waals surface area contributed by atoms with Gasteiger partial charge in [0, 0.05) is 24.6 Å². The van der Waals surface area contributed by atoms with Crippen molar-refractivity contribution in [3.63, 3.8) is 0 Å². The van der Waals surface area contributed by atoms with Gasteiger partial charge in [0.15, 0.2) is 5.13 Å². The van der Waals surface area contributed by atoms with Gasteiger partial charge in [-0.15, -0.1) is 0 Å². The molecule has 0 bridgehead atoms. The molecule has 0 radical (unpaired) electrons. The Morgan fingerprint density at radius 2 is 1.85 bits per heavy atom. The lowest BCUT2D eigenvalue weighted by atomic mass is 9.95. The highest BCUT2D eigenvalue weighted by Gasteiger charge is 2.31. The van der Waals surface area contributed by atoms with Gasteiger partial charge in [0.05, 0.1) is 22.4 Å². The zero-order valence-electron chi connectivity index (χ0n) is 17.8. The summed E-state index contributed by atoms with van der Waals surface area (Å²) < 4.78 is 44.6. The molecule has 3 aromatic rings. The maximum absolute atomic E-state index is 12.7. The van der Waals surface area contributed by atoms with Crippen LogP contribution in [0.3, 0.4) is 0 Å². The highest BCUT2D eigenvalue weighted by molar-refractivity contribution is 7.22. The van der Waals surface area contributed by atoms with E-state index < -0.39 is 11.7 Å². The van der Waals surface area contributed by atoms with Gasteiger partial charge in [-0.1, -0.05) is 11.3 Å². The van der Waals surface area contributed by atoms with E-state index in [-0.39, 0.29) is 23.3 Å². The number of rotatable bonds is 5. The van der Waals surface area contributed by atoms with Gasteiger partial charge < -0.3 is 15.0 Å². The average Bonchev–Trinajstić information content (AvgIpc) is 3.20. The van der Waals surface area contributed by atoms with Gasteiger partial charge in [-0.3, -0.25) is 9.59 Å². The van der Waals surface area contributed by atoms with Crippen molar-refractivity contribution in [2.45, 2.75) is 25.9 Å². The molecule has 33 heavy (non-hydrogen) atoms. The molecular formula is C23H22F3N3O3S. The second-order valence-corrected chi connectivity index (χ2v) is 8.74. The maximum Gasteiger partial charge on any atom is 0.416 e. The van der Waals surface area contributed by atoms with Crippen molar-refractivity contribution in [3.05, 3.63) is 53.6 Å². The van der Waals surface area contributed by atoms with Crippen molar-refractivity contribution in [3.8, 4) is 5.75 Å². The van der Waals surface area contributed by atoms with E-state index in [0.29, 0.717) is 37.7 Å². The summed E-state index contributed by atoms with van der Waals surface area (Å²) in [6.07, 6.45) is -3.50. The van der Waals surface area contributed by atoms with E-state index in [1.54, 1.807) is 4.90 Å². The Morgan fingerprint density at radius 1 is 1.15 bits per heavy atom. The number of hydrogen-bond acceptors (Lipinski definition) is 5. The predicted molar refractivity (Wildman–Crippen MR) is 119 cm³/mol. The van der Waals surface area contributed by atoms with Gasteiger partial charge in [0.1, 0.15) is 5.75 Å². The summed E-state index contributed by atoms with van der Waals surface area (Å²) >= 11 is 1.37. The van der Waals surface area contributed by atoms with Crippen molar-refractivity contribution in [2.75, 3.05) is 25.0 Å². The highest BCUT2D eigenvalue weighted by Crippen LogP contribution is 2.31. The Kier molecular flexibility index (Phi) is 6.55. The third kappa shape index (κ3) is 5.27. The summed E-state index contributed by atoms with van der Waals surface area (Å²) in [5, 5.41) is 3.37. The van der Waals surface area contributed by atoms with Crippen molar-refractivity contribution < 1.29 is 27.5 Å². The summed E-state index contributed by atoms with van der Waals surface area (Å²) in [4.78, 5) is 31.4. The number of nitrogens with one attached hydrogen (secondary N) is 1. The SMILES string of the molecule is CCOc1ccc2nc(NC(=O)C3CCN(C(=O)c4ccc(C(F)(F)F)cc4)CC3)sc2c1. The van der Waals surface area contributed by atoms with Crippen LogP contribution < -0.4 is 10.1 Å². The molecule has 1 fully saturated rings. The zero-order valence-corrected chi connectivity index (χ0v) is 18.6. The Morgan fingerprint density at radius 3 is 2.48 bits per heavy atom. The zero-order chi connectivity index (χ0) is 23.6. The second kappa shape index (κ2) is 9.38. The number of likely N-dealkylation sites (tertiary alicyclic amines) is 1. The van der Waals surface area contributed by atoms with Gasteiger partial charge in [-0.2, -0.15) is 13.2 Å². The molecule has 10 heteroatoms. The normalized spacial score (nSPS) is 15.0. The van der Waals surface area contributed by atoms with Gasteiger partial charge in [-0.25, -0.2) is 4.98 Å². The van der Waals surface area contributed by atoms with Crippen LogP contribution in [0.1, 0.15) is 35.7 Å². The van der Waals surface area contributed by atoms with E-state index in [9.17, 15) is 22.8 Å². The fraction of sp³-hybridized carbons (Fsp3) is 0.348. The third-order valence-corrected chi connectivity index (χ3v) is 6.45. The van der Waals surface area contributed by atoms with Crippen LogP contribution >= 0.6 is 11.3 Å². The Hall–Kier alpha value is -3.14. The number of alkyl halides is 3. The Labute approximate surface area is 192 Å². The molecule has 6 nitrogen and oxygen atoms in total. The molecule has 4 rings (SSSR count). The summed E-state index contributed by atoms with van der Waals surface area (Å²) in [6.45, 7) is 3.18. The summed E-state index contributed by atoms with van der Waals surface area (Å²) in [5.41, 5.74) is 0.181. The number of benzene rings is 2. The lowest BCUT2D eigenvalue weighted by Gasteiger charge is -2.31. The number of ether oxygens (including phenoxy) is 1. The fourth-order valence-corrected chi connectivity index (χ4v) is 4.65. The molecule has 0 spiro atoms. The molecule has 1 aliphatic heterocycles. The van der Waals surface area contributed by atoms with Crippen LogP contribution in [0.4, 0.5) is 18.3 Å². The number of anilines is 1. The molecule has 174 valence electrons. The van der Waals surface area contributed by atoms with E-state index >= 15 is 0 Å². The smallest absolute Gasteiger partial charge is 0.416 e. The highest BCUT2D eigenvalue weighted by atomic mass is 32.1. The van der Waals surface area contributed by atoms with E-state index in [0.717, 1.165) is 28.1 Å². The minimum atomic E-state index is -4.44. The van der Waals surface area contributed by atoms with Crippen molar-refractivity contribution in [1.82, 2.24) is 9.88 Å². The third-order valence-electron chi connectivity index (χ3n) is 5.51. The van der Waals surface area contributed by atoms with Crippen molar-refractivity contribution >= 4 is 38.5 Å². The first kappa shape index (κ1) is 23.0. The standard InChI is InChI=1S/C23H22F3N3O3S/c1-2-32-17-7-8-18-19(13-17)33-22(27-18)28-20(30)14-9-11-29(12-10-14)21(31)15-3-5-16(6-4-15)23(24,25)26/h3-8,13-14H,2,9-12H2,1H3,(H,27,28,30). The second-order valence-electron chi connectivity index (χ2n) is 7.71. The number of thiazole rings is 1. The van der Waals surface area contributed by atoms with Gasteiger partial charge >= 0.3 is 6.18 Å². The molecule has 2 amide bonds. The predicted octanol–water partition coefficient (Wildman–Crippen LogP) is 5.20. The van der Waals surface area contributed by atoms with E-state index in [4.69, 9.17) is 4.74 Å². The van der Waals surface area contributed by atoms with E-state index in [1.165, 1.54) is 23.5 Å². The molecule has 1 aromatic heterocycles. The first-order valence-electron chi connectivity index (χ1n) is 10.6. The molecule has 2 aromatic carbocycles. The Bertz CT molecular complexity index is 1150. The van der Waals surface area contributed by atoms with Gasteiger partial charge in [0.2, 0.25) is 5.91 Å². The molecule has 1 N–H and O–H groups in total. The fourth-order valence-electron chi connectivity index (χ4n) is 3.75. The summed E-state index contributed by atoms with van der Waals surface area (Å²) in [5.74, 6) is -0.0103. The van der Waals surface area contributed by atoms with Crippen molar-refractivity contribution in [1.29, 1.82) is 0 Å². The van der Waals surface area contributed by atoms with E-state index in [2.05, 4.69) is 10.3 Å². The number of aromatic nitrogens is 1. The number of amides is 2. The molecule has 1 aliphatic rings. The number of carbonyl (C=O) groups excluding carboxylic acids is 2. The minimum Gasteiger partial charge on any atom is -0.494 e. The lowest BCUT2D eigenvalue weighted by Crippen LogP contribution is -2.41. The number of halogens is 3. The Balaban J connectivity index is 1.33. The van der Waals surface area contributed by atoms with Crippen LogP contribution in [0.15, 0.2) is 42.5 Å². The number of carbonyl (C=O) groups is 2. The maximum atomic E-state index is 12.7. The molecule has 0 unspecified atom stereocenters. The monoisotopic (exact) mass is 477 g/mol. The van der Waals surface area contributed by atoms with Gasteiger partial charge in [-0.05, 0) is 62.2 Å². The van der Waals surface area contributed by atoms with Gasteiger partial charge in [0.25, 0.3) is 5.91 Å². The molecule has 0 atom stereocenters. The van der Waals surface area contributed by atoms with Crippen LogP contribution in [-0.4, -0.2) is 41.4 Å². The van der Waals surface area contributed by atoms with Crippen LogP contribution in [0.2, 0.25) is 0 Å². The lowest BCUT2D eigenvalue weighted by molar-refractivity contribution is -0.137. The number of nitrogens with zero attached hydrogens (tertiary/aromatic N) is 2. The molecule has 1 saturated heterocycles. The average molecular weight is 478 g/mol. The number of hydrogen-bond donors (Lipinski definition) is 1. The summed E-state index contributed by atoms with van der Waals surface area (Å²) in [7, 11) is 0. The van der Waals surface area contributed by atoms with Crippen molar-refractivity contribution in [2.24, 2.45) is 5.92 Å².